The fourth-order valence-corrected chi connectivity index (χ4v) is 4.68. The van der Waals surface area contributed by atoms with Gasteiger partial charge in [-0.1, -0.05) is 29.4 Å². The van der Waals surface area contributed by atoms with Crippen LogP contribution in [0.3, 0.4) is 0 Å². The molecule has 0 N–H and O–H groups in total. The zero-order valence-corrected chi connectivity index (χ0v) is 18.8. The van der Waals surface area contributed by atoms with Crippen molar-refractivity contribution in [2.24, 2.45) is 0 Å². The van der Waals surface area contributed by atoms with E-state index in [0.29, 0.717) is 22.6 Å². The van der Waals surface area contributed by atoms with Crippen LogP contribution in [0.5, 0.6) is 0 Å². The van der Waals surface area contributed by atoms with Gasteiger partial charge in [0.25, 0.3) is 5.89 Å². The Labute approximate surface area is 188 Å². The average molecular weight is 457 g/mol. The number of halogens is 1. The van der Waals surface area contributed by atoms with Crippen molar-refractivity contribution in [1.82, 2.24) is 25.0 Å². The van der Waals surface area contributed by atoms with Gasteiger partial charge in [0.1, 0.15) is 11.5 Å². The van der Waals surface area contributed by atoms with Crippen molar-refractivity contribution in [3.8, 4) is 17.1 Å². The van der Waals surface area contributed by atoms with Crippen LogP contribution in [0.1, 0.15) is 30.3 Å². The molecule has 10 heteroatoms. The number of hydrogen-bond acceptors (Lipinski definition) is 8. The van der Waals surface area contributed by atoms with Gasteiger partial charge in [-0.2, -0.15) is 0 Å². The Kier molecular flexibility index (Phi) is 5.45. The van der Waals surface area contributed by atoms with Crippen molar-refractivity contribution in [2.45, 2.75) is 37.6 Å². The molecule has 0 atom stereocenters. The maximum atomic E-state index is 6.26. The molecule has 0 saturated carbocycles. The molecule has 31 heavy (non-hydrogen) atoms. The number of anilines is 1. The minimum atomic E-state index is 0.457. The lowest BCUT2D eigenvalue weighted by Gasteiger charge is -2.18. The molecule has 0 spiro atoms. The quantitative estimate of drug-likeness (QED) is 0.371. The van der Waals surface area contributed by atoms with E-state index in [9.17, 15) is 0 Å². The number of aryl methyl sites for hydroxylation is 2. The van der Waals surface area contributed by atoms with Gasteiger partial charge >= 0.3 is 0 Å². The minimum absolute atomic E-state index is 0.457. The van der Waals surface area contributed by atoms with E-state index in [1.807, 2.05) is 48.7 Å². The predicted octanol–water partition coefficient (Wildman–Crippen LogP) is 5.07. The van der Waals surface area contributed by atoms with Crippen molar-refractivity contribution in [2.75, 3.05) is 18.0 Å². The van der Waals surface area contributed by atoms with Gasteiger partial charge in [0.05, 0.1) is 17.0 Å². The molecule has 0 bridgehead atoms. The van der Waals surface area contributed by atoms with E-state index in [1.54, 1.807) is 0 Å². The van der Waals surface area contributed by atoms with E-state index in [0.717, 1.165) is 59.8 Å². The summed E-state index contributed by atoms with van der Waals surface area (Å²) in [6.07, 6.45) is 2.31. The second-order valence-electron chi connectivity index (χ2n) is 7.41. The molecule has 4 aromatic rings. The van der Waals surface area contributed by atoms with E-state index < -0.39 is 0 Å². The lowest BCUT2D eigenvalue weighted by atomic mass is 10.2. The SMILES string of the molecule is Cc1cc(-c2nnc(CSc3nnc(N4CCCC4)n3-c3cccc(Cl)c3)o2)c(C)o1. The molecule has 1 saturated heterocycles. The van der Waals surface area contributed by atoms with Crippen molar-refractivity contribution < 1.29 is 8.83 Å². The molecule has 0 aliphatic carbocycles. The maximum Gasteiger partial charge on any atom is 0.251 e. The largest absolute Gasteiger partial charge is 0.466 e. The Hall–Kier alpha value is -2.78. The molecule has 4 heterocycles. The zero-order valence-electron chi connectivity index (χ0n) is 17.2. The van der Waals surface area contributed by atoms with Crippen molar-refractivity contribution >= 4 is 29.3 Å². The Bertz CT molecular complexity index is 1210. The van der Waals surface area contributed by atoms with Crippen LogP contribution in [-0.2, 0) is 5.75 Å². The second-order valence-corrected chi connectivity index (χ2v) is 8.79. The van der Waals surface area contributed by atoms with Gasteiger partial charge in [-0.05, 0) is 51.0 Å². The summed E-state index contributed by atoms with van der Waals surface area (Å²) in [6, 6.07) is 9.62. The average Bonchev–Trinajstić information content (AvgIpc) is 3.53. The molecule has 1 aromatic carbocycles. The zero-order chi connectivity index (χ0) is 21.4. The van der Waals surface area contributed by atoms with Crippen molar-refractivity contribution in [3.05, 3.63) is 52.8 Å². The van der Waals surface area contributed by atoms with Crippen LogP contribution in [-0.4, -0.2) is 38.1 Å². The molecule has 5 rings (SSSR count). The van der Waals surface area contributed by atoms with Gasteiger partial charge in [-0.25, -0.2) is 0 Å². The summed E-state index contributed by atoms with van der Waals surface area (Å²) in [6.45, 7) is 5.72. The first-order valence-corrected chi connectivity index (χ1v) is 11.4. The number of hydrogen-bond donors (Lipinski definition) is 0. The number of aromatic nitrogens is 5. The normalized spacial score (nSPS) is 14.0. The summed E-state index contributed by atoms with van der Waals surface area (Å²) in [5.41, 5.74) is 1.75. The third kappa shape index (κ3) is 4.07. The highest BCUT2D eigenvalue weighted by Gasteiger charge is 2.23. The van der Waals surface area contributed by atoms with Gasteiger partial charge in [-0.15, -0.1) is 20.4 Å². The van der Waals surface area contributed by atoms with Gasteiger partial charge in [0.2, 0.25) is 11.8 Å². The van der Waals surface area contributed by atoms with Gasteiger partial charge in [0, 0.05) is 18.1 Å². The smallest absolute Gasteiger partial charge is 0.251 e. The number of benzene rings is 1. The third-order valence-electron chi connectivity index (χ3n) is 5.13. The van der Waals surface area contributed by atoms with Crippen molar-refractivity contribution in [1.29, 1.82) is 0 Å². The van der Waals surface area contributed by atoms with E-state index in [1.165, 1.54) is 11.8 Å². The summed E-state index contributed by atoms with van der Waals surface area (Å²) < 4.78 is 13.5. The van der Waals surface area contributed by atoms with Crippen LogP contribution in [0.2, 0.25) is 5.02 Å². The van der Waals surface area contributed by atoms with Crippen molar-refractivity contribution in [3.63, 3.8) is 0 Å². The second kappa shape index (κ2) is 8.39. The van der Waals surface area contributed by atoms with Gasteiger partial charge < -0.3 is 13.7 Å². The molecule has 0 radical (unpaired) electrons. The minimum Gasteiger partial charge on any atom is -0.466 e. The van der Waals surface area contributed by atoms with Crippen LogP contribution < -0.4 is 4.90 Å². The highest BCUT2D eigenvalue weighted by Crippen LogP contribution is 2.32. The third-order valence-corrected chi connectivity index (χ3v) is 6.28. The Morgan fingerprint density at radius 2 is 1.87 bits per heavy atom. The molecule has 0 amide bonds. The molecular formula is C21H21ClN6O2S. The number of nitrogens with zero attached hydrogens (tertiary/aromatic N) is 6. The molecule has 8 nitrogen and oxygen atoms in total. The number of furan rings is 1. The Balaban J connectivity index is 1.41. The predicted molar refractivity (Wildman–Crippen MR) is 119 cm³/mol. The lowest BCUT2D eigenvalue weighted by molar-refractivity contribution is 0.499. The number of rotatable bonds is 6. The summed E-state index contributed by atoms with van der Waals surface area (Å²) in [7, 11) is 0. The standard InChI is InChI=1S/C21H21ClN6O2S/c1-13-10-17(14(2)29-13)19-24-23-18(30-19)12-31-21-26-25-20(27-8-3-4-9-27)28(21)16-7-5-6-15(22)11-16/h5-7,10-11H,3-4,8-9,12H2,1-2H3. The fraction of sp³-hybridized carbons (Fsp3) is 0.333. The maximum absolute atomic E-state index is 6.26. The summed E-state index contributed by atoms with van der Waals surface area (Å²) in [5, 5.41) is 18.7. The van der Waals surface area contributed by atoms with Gasteiger partial charge in [-0.3, -0.25) is 4.57 Å². The molecule has 160 valence electrons. The van der Waals surface area contributed by atoms with E-state index in [-0.39, 0.29) is 0 Å². The summed E-state index contributed by atoms with van der Waals surface area (Å²) in [4.78, 5) is 2.26. The first-order valence-electron chi connectivity index (χ1n) is 10.1. The van der Waals surface area contributed by atoms with Crippen LogP contribution >= 0.6 is 23.4 Å². The molecule has 3 aromatic heterocycles. The van der Waals surface area contributed by atoms with Crippen LogP contribution in [0, 0.1) is 13.8 Å². The van der Waals surface area contributed by atoms with E-state index >= 15 is 0 Å². The first kappa shape index (κ1) is 20.1. The fourth-order valence-electron chi connectivity index (χ4n) is 3.71. The highest BCUT2D eigenvalue weighted by molar-refractivity contribution is 7.98. The number of thioether (sulfide) groups is 1. The molecule has 1 aliphatic rings. The Morgan fingerprint density at radius 1 is 1.03 bits per heavy atom. The van der Waals surface area contributed by atoms with E-state index in [2.05, 4.69) is 25.3 Å². The molecule has 0 unspecified atom stereocenters. The molecular weight excluding hydrogens is 436 g/mol. The van der Waals surface area contributed by atoms with Gasteiger partial charge in [0.15, 0.2) is 5.16 Å². The van der Waals surface area contributed by atoms with Crippen LogP contribution in [0.4, 0.5) is 5.95 Å². The molecule has 1 aliphatic heterocycles. The monoisotopic (exact) mass is 456 g/mol. The van der Waals surface area contributed by atoms with Crippen LogP contribution in [0.25, 0.3) is 17.1 Å². The van der Waals surface area contributed by atoms with Crippen LogP contribution in [0.15, 0.2) is 44.3 Å². The van der Waals surface area contributed by atoms with E-state index in [4.69, 9.17) is 20.4 Å². The lowest BCUT2D eigenvalue weighted by Crippen LogP contribution is -2.22. The highest BCUT2D eigenvalue weighted by atomic mass is 35.5. The first-order chi connectivity index (χ1) is 15.1. The molecule has 1 fully saturated rings. The Morgan fingerprint density at radius 3 is 2.61 bits per heavy atom. The topological polar surface area (TPSA) is 86.0 Å². The summed E-state index contributed by atoms with van der Waals surface area (Å²) >= 11 is 7.76. The summed E-state index contributed by atoms with van der Waals surface area (Å²) in [5.74, 6) is 3.85.